The number of aromatic nitrogens is 2. The molecule has 0 radical (unpaired) electrons. The van der Waals surface area contributed by atoms with Gasteiger partial charge in [-0.15, -0.1) is 0 Å². The van der Waals surface area contributed by atoms with Crippen molar-refractivity contribution in [2.45, 2.75) is 26.5 Å². The minimum atomic E-state index is 0.572. The molecule has 2 aromatic heterocycles. The molecule has 3 aromatic carbocycles. The maximum absolute atomic E-state index is 5.97. The summed E-state index contributed by atoms with van der Waals surface area (Å²) in [6, 6.07) is 28.7. The fourth-order valence-corrected chi connectivity index (χ4v) is 3.79. The predicted molar refractivity (Wildman–Crippen MR) is 123 cm³/mol. The van der Waals surface area contributed by atoms with Gasteiger partial charge in [0.15, 0.2) is 0 Å². The van der Waals surface area contributed by atoms with Crippen LogP contribution in [0.5, 0.6) is 5.75 Å². The molecule has 0 spiro atoms. The van der Waals surface area contributed by atoms with Gasteiger partial charge in [0.1, 0.15) is 18.1 Å². The number of ether oxygens (including phenoxy) is 1. The molecule has 2 heterocycles. The van der Waals surface area contributed by atoms with E-state index in [1.54, 1.807) is 0 Å². The van der Waals surface area contributed by atoms with Gasteiger partial charge in [0, 0.05) is 35.6 Å². The zero-order chi connectivity index (χ0) is 21.0. The van der Waals surface area contributed by atoms with E-state index in [1.807, 2.05) is 61.5 Å². The highest BCUT2D eigenvalue weighted by molar-refractivity contribution is 5.81. The molecule has 154 valence electrons. The van der Waals surface area contributed by atoms with Crippen molar-refractivity contribution in [3.63, 3.8) is 0 Å². The van der Waals surface area contributed by atoms with Crippen LogP contribution < -0.4 is 4.74 Å². The van der Waals surface area contributed by atoms with Crippen LogP contribution in [0.25, 0.3) is 22.4 Å². The first-order valence-electron chi connectivity index (χ1n) is 10.5. The number of rotatable bonds is 7. The van der Waals surface area contributed by atoms with Crippen molar-refractivity contribution in [2.24, 2.45) is 0 Å². The fourth-order valence-electron chi connectivity index (χ4n) is 3.79. The van der Waals surface area contributed by atoms with Crippen LogP contribution >= 0.6 is 0 Å². The molecule has 0 saturated carbocycles. The second-order valence-corrected chi connectivity index (χ2v) is 7.64. The summed E-state index contributed by atoms with van der Waals surface area (Å²) in [5.41, 5.74) is 4.37. The van der Waals surface area contributed by atoms with Gasteiger partial charge in [-0.2, -0.15) is 0 Å². The summed E-state index contributed by atoms with van der Waals surface area (Å²) in [5.74, 6) is 2.45. The molecule has 0 aliphatic carbocycles. The first-order chi connectivity index (χ1) is 15.3. The van der Waals surface area contributed by atoms with Crippen molar-refractivity contribution in [1.82, 2.24) is 9.55 Å². The van der Waals surface area contributed by atoms with Crippen LogP contribution in [0.1, 0.15) is 17.0 Å². The van der Waals surface area contributed by atoms with Crippen molar-refractivity contribution in [1.29, 1.82) is 0 Å². The molecule has 31 heavy (non-hydrogen) atoms. The van der Waals surface area contributed by atoms with Crippen LogP contribution in [0, 0.1) is 6.92 Å². The number of fused-ring (bicyclic) bond motifs is 1. The van der Waals surface area contributed by atoms with E-state index in [4.69, 9.17) is 14.1 Å². The van der Waals surface area contributed by atoms with Gasteiger partial charge < -0.3 is 13.7 Å². The smallest absolute Gasteiger partial charge is 0.226 e. The highest BCUT2D eigenvalue weighted by Gasteiger charge is 2.12. The van der Waals surface area contributed by atoms with E-state index in [2.05, 4.69) is 41.1 Å². The highest BCUT2D eigenvalue weighted by atomic mass is 16.5. The Balaban J connectivity index is 1.28. The molecular formula is C27H24N2O2. The number of nitrogens with zero attached hydrogens (tertiary/aromatic N) is 2. The van der Waals surface area contributed by atoms with Crippen molar-refractivity contribution in [2.75, 3.05) is 0 Å². The maximum Gasteiger partial charge on any atom is 0.226 e. The third-order valence-corrected chi connectivity index (χ3v) is 5.49. The molecule has 5 aromatic rings. The minimum absolute atomic E-state index is 0.572. The Labute approximate surface area is 181 Å². The van der Waals surface area contributed by atoms with Crippen molar-refractivity contribution in [3.05, 3.63) is 108 Å². The topological polar surface area (TPSA) is 40.2 Å². The minimum Gasteiger partial charge on any atom is -0.489 e. The molecule has 0 unspecified atom stereocenters. The summed E-state index contributed by atoms with van der Waals surface area (Å²) < 4.78 is 14.1. The molecule has 0 amide bonds. The number of hydrogen-bond donors (Lipinski definition) is 0. The van der Waals surface area contributed by atoms with E-state index in [1.165, 1.54) is 10.9 Å². The molecule has 0 bridgehead atoms. The SMILES string of the molecule is Cc1oc(-c2ccccc2)nc1CCn1ccc2cc(OCc3ccccc3)ccc21. The highest BCUT2D eigenvalue weighted by Crippen LogP contribution is 2.25. The molecule has 0 atom stereocenters. The molecule has 4 heteroatoms. The summed E-state index contributed by atoms with van der Waals surface area (Å²) in [6.45, 7) is 3.40. The lowest BCUT2D eigenvalue weighted by molar-refractivity contribution is 0.306. The molecule has 0 aliphatic rings. The number of oxazole rings is 1. The lowest BCUT2D eigenvalue weighted by atomic mass is 10.2. The fraction of sp³-hybridized carbons (Fsp3) is 0.148. The third kappa shape index (κ3) is 4.24. The second kappa shape index (κ2) is 8.52. The van der Waals surface area contributed by atoms with Gasteiger partial charge in [-0.1, -0.05) is 48.5 Å². The zero-order valence-electron chi connectivity index (χ0n) is 17.5. The Hall–Kier alpha value is -3.79. The van der Waals surface area contributed by atoms with E-state index in [9.17, 15) is 0 Å². The Morgan fingerprint density at radius 3 is 2.48 bits per heavy atom. The molecule has 0 N–H and O–H groups in total. The van der Waals surface area contributed by atoms with Crippen molar-refractivity contribution >= 4 is 10.9 Å². The molecule has 4 nitrogen and oxygen atoms in total. The van der Waals surface area contributed by atoms with Crippen molar-refractivity contribution in [3.8, 4) is 17.2 Å². The van der Waals surface area contributed by atoms with Gasteiger partial charge in [0.25, 0.3) is 0 Å². The molecule has 0 aliphatic heterocycles. The number of benzene rings is 3. The van der Waals surface area contributed by atoms with Crippen LogP contribution in [-0.4, -0.2) is 9.55 Å². The molecule has 0 fully saturated rings. The first-order valence-corrected chi connectivity index (χ1v) is 10.5. The largest absolute Gasteiger partial charge is 0.489 e. The Kier molecular flexibility index (Phi) is 5.28. The Morgan fingerprint density at radius 2 is 1.68 bits per heavy atom. The van der Waals surface area contributed by atoms with Crippen LogP contribution in [0.2, 0.25) is 0 Å². The van der Waals surface area contributed by atoms with Gasteiger partial charge in [-0.3, -0.25) is 0 Å². The molecular weight excluding hydrogens is 384 g/mol. The predicted octanol–water partition coefficient (Wildman–Crippen LogP) is 6.43. The van der Waals surface area contributed by atoms with Crippen LogP contribution in [0.3, 0.4) is 0 Å². The normalized spacial score (nSPS) is 11.1. The average molecular weight is 409 g/mol. The summed E-state index contributed by atoms with van der Waals surface area (Å²) in [7, 11) is 0. The van der Waals surface area contributed by atoms with E-state index in [-0.39, 0.29) is 0 Å². The van der Waals surface area contributed by atoms with Gasteiger partial charge in [-0.25, -0.2) is 4.98 Å². The van der Waals surface area contributed by atoms with Gasteiger partial charge in [0.2, 0.25) is 5.89 Å². The van der Waals surface area contributed by atoms with Gasteiger partial charge >= 0.3 is 0 Å². The maximum atomic E-state index is 5.97. The van der Waals surface area contributed by atoms with Crippen molar-refractivity contribution < 1.29 is 9.15 Å². The standard InChI is InChI=1S/C27H24N2O2/c1-20-25(28-27(31-20)22-10-6-3-7-11-22)15-17-29-16-14-23-18-24(12-13-26(23)29)30-19-21-8-4-2-5-9-21/h2-14,16,18H,15,17,19H2,1H3. The summed E-state index contributed by atoms with van der Waals surface area (Å²) in [6.07, 6.45) is 2.94. The summed E-state index contributed by atoms with van der Waals surface area (Å²) >= 11 is 0. The third-order valence-electron chi connectivity index (χ3n) is 5.49. The lowest BCUT2D eigenvalue weighted by Crippen LogP contribution is -2.01. The average Bonchev–Trinajstić information content (AvgIpc) is 3.40. The Bertz CT molecular complexity index is 1290. The van der Waals surface area contributed by atoms with E-state index >= 15 is 0 Å². The van der Waals surface area contributed by atoms with Crippen LogP contribution in [-0.2, 0) is 19.6 Å². The van der Waals surface area contributed by atoms with E-state index in [0.29, 0.717) is 12.5 Å². The quantitative estimate of drug-likeness (QED) is 0.312. The second-order valence-electron chi connectivity index (χ2n) is 7.64. The summed E-state index contributed by atoms with van der Waals surface area (Å²) in [5, 5.41) is 1.17. The lowest BCUT2D eigenvalue weighted by Gasteiger charge is -2.08. The summed E-state index contributed by atoms with van der Waals surface area (Å²) in [4.78, 5) is 4.73. The van der Waals surface area contributed by atoms with Gasteiger partial charge in [-0.05, 0) is 48.9 Å². The monoisotopic (exact) mass is 408 g/mol. The van der Waals surface area contributed by atoms with E-state index < -0.39 is 0 Å². The number of aryl methyl sites for hydroxylation is 3. The zero-order valence-corrected chi connectivity index (χ0v) is 17.5. The van der Waals surface area contributed by atoms with Gasteiger partial charge in [0.05, 0.1) is 5.69 Å². The number of hydrogen-bond acceptors (Lipinski definition) is 3. The molecule has 5 rings (SSSR count). The van der Waals surface area contributed by atoms with E-state index in [0.717, 1.165) is 41.3 Å². The molecule has 0 saturated heterocycles. The Morgan fingerprint density at radius 1 is 0.903 bits per heavy atom. The first kappa shape index (κ1) is 19.2. The van der Waals surface area contributed by atoms with Crippen LogP contribution in [0.4, 0.5) is 0 Å². The van der Waals surface area contributed by atoms with Crippen LogP contribution in [0.15, 0.2) is 95.5 Å².